The van der Waals surface area contributed by atoms with Crippen molar-refractivity contribution in [3.63, 3.8) is 0 Å². The molecule has 0 aliphatic carbocycles. The monoisotopic (exact) mass is 666 g/mol. The molecule has 0 aliphatic rings. The lowest BCUT2D eigenvalue weighted by molar-refractivity contribution is 0.0218. The van der Waals surface area contributed by atoms with Crippen LogP contribution in [0.15, 0.2) is 28.7 Å². The van der Waals surface area contributed by atoms with Gasteiger partial charge in [-0.25, -0.2) is 0 Å². The maximum absolute atomic E-state index is 9.18. The SMILES string of the molecule is Cc1cc(OCOCC[Si](C)(C)C)c(Cl)cc1B(O)O.Cc1cc(OCOCC[Si](C)(C)C)c(Cl)cc1Br. The third kappa shape index (κ3) is 14.7. The molecule has 0 heterocycles. The summed E-state index contributed by atoms with van der Waals surface area (Å²) in [6.45, 7) is 19.4. The number of ether oxygens (including phenoxy) is 4. The molecule has 38 heavy (non-hydrogen) atoms. The molecule has 0 radical (unpaired) electrons. The Kier molecular flexibility index (Phi) is 15.5. The third-order valence-corrected chi connectivity index (χ3v) is 10.3. The van der Waals surface area contributed by atoms with Gasteiger partial charge in [0.15, 0.2) is 13.6 Å². The molecule has 214 valence electrons. The molecule has 0 saturated carbocycles. The summed E-state index contributed by atoms with van der Waals surface area (Å²) >= 11 is 15.5. The summed E-state index contributed by atoms with van der Waals surface area (Å²) in [7, 11) is -3.65. The Morgan fingerprint density at radius 1 is 0.737 bits per heavy atom. The van der Waals surface area contributed by atoms with E-state index in [0.717, 1.165) is 28.7 Å². The molecule has 0 spiro atoms. The van der Waals surface area contributed by atoms with Crippen LogP contribution in [-0.4, -0.2) is 60.1 Å². The van der Waals surface area contributed by atoms with Gasteiger partial charge >= 0.3 is 7.12 Å². The maximum atomic E-state index is 9.18. The molecular formula is C26H42BBrCl2O6Si2. The summed E-state index contributed by atoms with van der Waals surface area (Å²) in [5.41, 5.74) is 2.18. The van der Waals surface area contributed by atoms with E-state index in [4.69, 9.17) is 42.1 Å². The third-order valence-electron chi connectivity index (χ3n) is 5.40. The lowest BCUT2D eigenvalue weighted by atomic mass is 9.77. The first-order valence-corrected chi connectivity index (χ1v) is 21.5. The van der Waals surface area contributed by atoms with E-state index in [0.29, 0.717) is 39.2 Å². The van der Waals surface area contributed by atoms with E-state index < -0.39 is 23.3 Å². The Hall–Kier alpha value is -0.561. The lowest BCUT2D eigenvalue weighted by Crippen LogP contribution is -2.32. The summed E-state index contributed by atoms with van der Waals surface area (Å²) in [4.78, 5) is 0. The van der Waals surface area contributed by atoms with Crippen molar-refractivity contribution in [1.29, 1.82) is 0 Å². The molecule has 6 nitrogen and oxygen atoms in total. The fourth-order valence-corrected chi connectivity index (χ4v) is 5.32. The predicted molar refractivity (Wildman–Crippen MR) is 169 cm³/mol. The van der Waals surface area contributed by atoms with Crippen molar-refractivity contribution < 1.29 is 29.0 Å². The van der Waals surface area contributed by atoms with Gasteiger partial charge < -0.3 is 29.0 Å². The molecule has 0 atom stereocenters. The van der Waals surface area contributed by atoms with E-state index in [9.17, 15) is 10.0 Å². The average Bonchev–Trinajstić information content (AvgIpc) is 2.77. The highest BCUT2D eigenvalue weighted by molar-refractivity contribution is 9.10. The molecule has 0 unspecified atom stereocenters. The molecule has 0 amide bonds. The highest BCUT2D eigenvalue weighted by atomic mass is 79.9. The van der Waals surface area contributed by atoms with Crippen molar-refractivity contribution in [3.8, 4) is 11.5 Å². The molecule has 0 saturated heterocycles. The number of aryl methyl sites for hydroxylation is 2. The maximum Gasteiger partial charge on any atom is 0.488 e. The fourth-order valence-electron chi connectivity index (χ4n) is 2.89. The van der Waals surface area contributed by atoms with Crippen LogP contribution in [-0.2, 0) is 9.47 Å². The van der Waals surface area contributed by atoms with Gasteiger partial charge in [0.05, 0.1) is 10.0 Å². The lowest BCUT2D eigenvalue weighted by Gasteiger charge is -2.16. The van der Waals surface area contributed by atoms with Crippen molar-refractivity contribution in [1.82, 2.24) is 0 Å². The van der Waals surface area contributed by atoms with E-state index in [2.05, 4.69) is 55.2 Å². The van der Waals surface area contributed by atoms with Crippen molar-refractivity contribution in [3.05, 3.63) is 49.9 Å². The Balaban J connectivity index is 0.000000382. The minimum atomic E-state index is -1.53. The van der Waals surface area contributed by atoms with Crippen LogP contribution in [0.5, 0.6) is 11.5 Å². The van der Waals surface area contributed by atoms with Gasteiger partial charge in [-0.05, 0) is 66.8 Å². The Morgan fingerprint density at radius 3 is 1.58 bits per heavy atom. The highest BCUT2D eigenvalue weighted by Gasteiger charge is 2.17. The Bertz CT molecular complexity index is 1020. The van der Waals surface area contributed by atoms with Gasteiger partial charge in [-0.2, -0.15) is 0 Å². The average molecular weight is 668 g/mol. The van der Waals surface area contributed by atoms with E-state index in [1.165, 1.54) is 6.07 Å². The van der Waals surface area contributed by atoms with Gasteiger partial charge in [0, 0.05) is 33.8 Å². The zero-order valence-electron chi connectivity index (χ0n) is 23.8. The predicted octanol–water partition coefficient (Wildman–Crippen LogP) is 7.12. The van der Waals surface area contributed by atoms with Gasteiger partial charge in [-0.1, -0.05) is 78.4 Å². The van der Waals surface area contributed by atoms with E-state index in [1.807, 2.05) is 19.1 Å². The Labute approximate surface area is 249 Å². The fraction of sp³-hybridized carbons (Fsp3) is 0.538. The van der Waals surface area contributed by atoms with Crippen LogP contribution in [0.1, 0.15) is 11.1 Å². The molecule has 0 aromatic heterocycles. The van der Waals surface area contributed by atoms with Gasteiger partial charge in [-0.15, -0.1) is 0 Å². The van der Waals surface area contributed by atoms with E-state index >= 15 is 0 Å². The summed E-state index contributed by atoms with van der Waals surface area (Å²) in [5.74, 6) is 1.16. The second-order valence-corrected chi connectivity index (χ2v) is 24.4. The van der Waals surface area contributed by atoms with Crippen molar-refractivity contribution >= 4 is 67.9 Å². The molecule has 12 heteroatoms. The number of benzene rings is 2. The zero-order chi connectivity index (χ0) is 29.1. The highest BCUT2D eigenvalue weighted by Crippen LogP contribution is 2.31. The number of halogens is 3. The molecule has 2 rings (SSSR count). The van der Waals surface area contributed by atoms with Crippen LogP contribution in [0.4, 0.5) is 0 Å². The van der Waals surface area contributed by atoms with Crippen LogP contribution >= 0.6 is 39.1 Å². The number of rotatable bonds is 13. The van der Waals surface area contributed by atoms with Crippen LogP contribution in [0, 0.1) is 13.8 Å². The van der Waals surface area contributed by atoms with Crippen LogP contribution in [0.25, 0.3) is 0 Å². The summed E-state index contributed by atoms with van der Waals surface area (Å²) in [5, 5.41) is 19.3. The molecule has 0 bridgehead atoms. The second kappa shape index (κ2) is 16.6. The van der Waals surface area contributed by atoms with Crippen molar-refractivity contribution in [2.75, 3.05) is 26.8 Å². The minimum absolute atomic E-state index is 0.144. The number of hydrogen-bond donors (Lipinski definition) is 2. The molecule has 0 aliphatic heterocycles. The zero-order valence-corrected chi connectivity index (χ0v) is 28.9. The topological polar surface area (TPSA) is 77.4 Å². The van der Waals surface area contributed by atoms with Crippen LogP contribution in [0.2, 0.25) is 61.4 Å². The van der Waals surface area contributed by atoms with Gasteiger partial charge in [-0.3, -0.25) is 0 Å². The first-order chi connectivity index (χ1) is 17.5. The van der Waals surface area contributed by atoms with Crippen molar-refractivity contribution in [2.45, 2.75) is 65.2 Å². The first kappa shape index (κ1) is 35.5. The minimum Gasteiger partial charge on any atom is -0.466 e. The van der Waals surface area contributed by atoms with Crippen molar-refractivity contribution in [2.24, 2.45) is 0 Å². The van der Waals surface area contributed by atoms with Gasteiger partial charge in [0.25, 0.3) is 0 Å². The first-order valence-electron chi connectivity index (χ1n) is 12.5. The quantitative estimate of drug-likeness (QED) is 0.135. The second-order valence-electron chi connectivity index (χ2n) is 11.5. The Morgan fingerprint density at radius 2 is 1.16 bits per heavy atom. The molecule has 2 aromatic carbocycles. The molecule has 0 fully saturated rings. The standard InChI is InChI=1S/C13H22BClO4Si.C13H20BrClO2Si/c1-10-7-13(12(15)8-11(10)14(16)17)19-9-18-5-6-20(2,3)4;1-10-7-13(12(15)8-11(10)14)17-9-16-5-6-18(2,3)4/h7-8,16-17H,5-6,9H2,1-4H3;7-8H,5-6,9H2,1-4H3. The molecule has 2 N–H and O–H groups in total. The van der Waals surface area contributed by atoms with Gasteiger partial charge in [0.2, 0.25) is 0 Å². The van der Waals surface area contributed by atoms with E-state index in [1.54, 1.807) is 13.0 Å². The normalized spacial score (nSPS) is 11.6. The summed E-state index contributed by atoms with van der Waals surface area (Å²) in [6.07, 6.45) is 0. The van der Waals surface area contributed by atoms with Crippen LogP contribution in [0.3, 0.4) is 0 Å². The summed E-state index contributed by atoms with van der Waals surface area (Å²) < 4.78 is 22.9. The largest absolute Gasteiger partial charge is 0.488 e. The molecular weight excluding hydrogens is 626 g/mol. The van der Waals surface area contributed by atoms with Gasteiger partial charge in [0.1, 0.15) is 11.5 Å². The number of hydrogen-bond acceptors (Lipinski definition) is 6. The van der Waals surface area contributed by atoms with Crippen LogP contribution < -0.4 is 14.9 Å². The summed E-state index contributed by atoms with van der Waals surface area (Å²) in [6, 6.07) is 9.16. The van der Waals surface area contributed by atoms with E-state index in [-0.39, 0.29) is 13.6 Å². The smallest absolute Gasteiger partial charge is 0.466 e. The molecule has 2 aromatic rings.